The summed E-state index contributed by atoms with van der Waals surface area (Å²) in [4.78, 5) is 2.67. The third-order valence-corrected chi connectivity index (χ3v) is 5.26. The van der Waals surface area contributed by atoms with Crippen molar-refractivity contribution in [2.24, 2.45) is 17.1 Å². The molecule has 1 atom stereocenters. The maximum atomic E-state index is 5.81. The van der Waals surface area contributed by atoms with E-state index in [-0.39, 0.29) is 0 Å². The van der Waals surface area contributed by atoms with E-state index in [0.29, 0.717) is 0 Å². The van der Waals surface area contributed by atoms with E-state index in [9.17, 15) is 0 Å². The van der Waals surface area contributed by atoms with E-state index in [0.717, 1.165) is 17.9 Å². The Morgan fingerprint density at radius 3 is 2.24 bits per heavy atom. The second-order valence-electron chi connectivity index (χ2n) is 6.37. The van der Waals surface area contributed by atoms with Crippen LogP contribution >= 0.6 is 0 Å². The van der Waals surface area contributed by atoms with Gasteiger partial charge in [-0.15, -0.1) is 0 Å². The van der Waals surface area contributed by atoms with Crippen LogP contribution in [-0.2, 0) is 0 Å². The average Bonchev–Trinajstić information content (AvgIpc) is 2.39. The second-order valence-corrected chi connectivity index (χ2v) is 6.37. The van der Waals surface area contributed by atoms with Gasteiger partial charge in [0.25, 0.3) is 0 Å². The molecule has 100 valence electrons. The van der Waals surface area contributed by atoms with Gasteiger partial charge in [-0.2, -0.15) is 0 Å². The fraction of sp³-hybridized carbons (Fsp3) is 1.00. The fourth-order valence-corrected chi connectivity index (χ4v) is 3.75. The summed E-state index contributed by atoms with van der Waals surface area (Å²) in [7, 11) is 0. The van der Waals surface area contributed by atoms with Crippen LogP contribution in [0.1, 0.15) is 58.3 Å². The Morgan fingerprint density at radius 1 is 1.06 bits per heavy atom. The molecule has 2 rings (SSSR count). The SMILES string of the molecule is CCC(CN)CN1CCC2(CCCCC2)CC1. The molecule has 2 fully saturated rings. The molecule has 0 aromatic rings. The van der Waals surface area contributed by atoms with Crippen molar-refractivity contribution in [3.63, 3.8) is 0 Å². The quantitative estimate of drug-likeness (QED) is 0.816. The molecule has 17 heavy (non-hydrogen) atoms. The van der Waals surface area contributed by atoms with Crippen LogP contribution in [-0.4, -0.2) is 31.1 Å². The number of rotatable bonds is 4. The first-order chi connectivity index (χ1) is 8.28. The molecule has 2 aliphatic rings. The molecule has 1 saturated carbocycles. The topological polar surface area (TPSA) is 29.3 Å². The van der Waals surface area contributed by atoms with Crippen molar-refractivity contribution in [3.05, 3.63) is 0 Å². The van der Waals surface area contributed by atoms with E-state index in [1.165, 1.54) is 71.0 Å². The van der Waals surface area contributed by atoms with Gasteiger partial charge < -0.3 is 10.6 Å². The molecule has 1 spiro atoms. The molecule has 0 aromatic heterocycles. The van der Waals surface area contributed by atoms with Crippen LogP contribution < -0.4 is 5.73 Å². The maximum absolute atomic E-state index is 5.81. The van der Waals surface area contributed by atoms with E-state index >= 15 is 0 Å². The summed E-state index contributed by atoms with van der Waals surface area (Å²) >= 11 is 0. The molecule has 1 saturated heterocycles. The van der Waals surface area contributed by atoms with Crippen molar-refractivity contribution < 1.29 is 0 Å². The van der Waals surface area contributed by atoms with Crippen LogP contribution in [0.5, 0.6) is 0 Å². The first-order valence-corrected chi connectivity index (χ1v) is 7.70. The molecule has 0 amide bonds. The van der Waals surface area contributed by atoms with E-state index in [1.807, 2.05) is 0 Å². The van der Waals surface area contributed by atoms with E-state index < -0.39 is 0 Å². The van der Waals surface area contributed by atoms with Crippen LogP contribution in [0.3, 0.4) is 0 Å². The maximum Gasteiger partial charge on any atom is 0.00216 e. The summed E-state index contributed by atoms with van der Waals surface area (Å²) in [6, 6.07) is 0. The van der Waals surface area contributed by atoms with Gasteiger partial charge in [0.15, 0.2) is 0 Å². The molecule has 2 heteroatoms. The van der Waals surface area contributed by atoms with Gasteiger partial charge in [0.1, 0.15) is 0 Å². The summed E-state index contributed by atoms with van der Waals surface area (Å²) < 4.78 is 0. The van der Waals surface area contributed by atoms with Crippen molar-refractivity contribution >= 4 is 0 Å². The van der Waals surface area contributed by atoms with Gasteiger partial charge in [0, 0.05) is 6.54 Å². The Kier molecular flexibility index (Phi) is 4.87. The molecule has 2 N–H and O–H groups in total. The molecule has 0 bridgehead atoms. The second kappa shape index (κ2) is 6.19. The lowest BCUT2D eigenvalue weighted by atomic mass is 9.68. The van der Waals surface area contributed by atoms with Crippen molar-refractivity contribution in [2.75, 3.05) is 26.2 Å². The summed E-state index contributed by atoms with van der Waals surface area (Å²) in [5, 5.41) is 0. The first kappa shape index (κ1) is 13.4. The van der Waals surface area contributed by atoms with Crippen LogP contribution in [0.2, 0.25) is 0 Å². The molecular formula is C15H30N2. The minimum atomic E-state index is 0.718. The van der Waals surface area contributed by atoms with Gasteiger partial charge in [-0.25, -0.2) is 0 Å². The summed E-state index contributed by atoms with van der Waals surface area (Å²) in [5.41, 5.74) is 6.56. The van der Waals surface area contributed by atoms with Gasteiger partial charge in [0.2, 0.25) is 0 Å². The lowest BCUT2D eigenvalue weighted by molar-refractivity contribution is 0.0600. The van der Waals surface area contributed by atoms with Crippen molar-refractivity contribution in [2.45, 2.75) is 58.3 Å². The minimum Gasteiger partial charge on any atom is -0.330 e. The lowest BCUT2D eigenvalue weighted by Crippen LogP contribution is -2.43. The monoisotopic (exact) mass is 238 g/mol. The van der Waals surface area contributed by atoms with E-state index in [2.05, 4.69) is 11.8 Å². The molecular weight excluding hydrogens is 208 g/mol. The lowest BCUT2D eigenvalue weighted by Gasteiger charge is -2.45. The Morgan fingerprint density at radius 2 is 1.71 bits per heavy atom. The van der Waals surface area contributed by atoms with Gasteiger partial charge in [0.05, 0.1) is 0 Å². The number of nitrogens with two attached hydrogens (primary N) is 1. The smallest absolute Gasteiger partial charge is 0.00216 e. The standard InChI is InChI=1S/C15H30N2/c1-2-14(12-16)13-17-10-8-15(9-11-17)6-4-3-5-7-15/h14H,2-13,16H2,1H3. The van der Waals surface area contributed by atoms with Crippen LogP contribution in [0.25, 0.3) is 0 Å². The van der Waals surface area contributed by atoms with Crippen LogP contribution in [0.4, 0.5) is 0 Å². The predicted molar refractivity (Wildman–Crippen MR) is 74.0 cm³/mol. The average molecular weight is 238 g/mol. The van der Waals surface area contributed by atoms with Crippen molar-refractivity contribution in [1.29, 1.82) is 0 Å². The first-order valence-electron chi connectivity index (χ1n) is 7.70. The van der Waals surface area contributed by atoms with Gasteiger partial charge in [-0.1, -0.05) is 32.6 Å². The Balaban J connectivity index is 1.77. The van der Waals surface area contributed by atoms with Crippen LogP contribution in [0.15, 0.2) is 0 Å². The largest absolute Gasteiger partial charge is 0.330 e. The van der Waals surface area contributed by atoms with Crippen LogP contribution in [0, 0.1) is 11.3 Å². The number of likely N-dealkylation sites (tertiary alicyclic amines) is 1. The Hall–Kier alpha value is -0.0800. The summed E-state index contributed by atoms with van der Waals surface area (Å²) in [5.74, 6) is 0.718. The zero-order chi connectivity index (χ0) is 12.1. The highest BCUT2D eigenvalue weighted by atomic mass is 15.1. The zero-order valence-electron chi connectivity index (χ0n) is 11.6. The molecule has 0 radical (unpaired) electrons. The highest BCUT2D eigenvalue weighted by Gasteiger charge is 2.35. The summed E-state index contributed by atoms with van der Waals surface area (Å²) in [6.07, 6.45) is 11.6. The van der Waals surface area contributed by atoms with Gasteiger partial charge in [-0.05, 0) is 56.7 Å². The number of hydrogen-bond donors (Lipinski definition) is 1. The van der Waals surface area contributed by atoms with Gasteiger partial charge >= 0.3 is 0 Å². The molecule has 0 aromatic carbocycles. The number of piperidine rings is 1. The summed E-state index contributed by atoms with van der Waals surface area (Å²) in [6.45, 7) is 7.03. The third kappa shape index (κ3) is 3.45. The highest BCUT2D eigenvalue weighted by Crippen LogP contribution is 2.44. The normalized spacial score (nSPS) is 27.2. The highest BCUT2D eigenvalue weighted by molar-refractivity contribution is 4.88. The third-order valence-electron chi connectivity index (χ3n) is 5.26. The number of hydrogen-bond acceptors (Lipinski definition) is 2. The van der Waals surface area contributed by atoms with E-state index in [1.54, 1.807) is 0 Å². The van der Waals surface area contributed by atoms with Crippen molar-refractivity contribution in [1.82, 2.24) is 4.90 Å². The molecule has 1 unspecified atom stereocenters. The molecule has 1 aliphatic heterocycles. The Labute approximate surface area is 107 Å². The minimum absolute atomic E-state index is 0.718. The fourth-order valence-electron chi connectivity index (χ4n) is 3.75. The van der Waals surface area contributed by atoms with Crippen molar-refractivity contribution in [3.8, 4) is 0 Å². The van der Waals surface area contributed by atoms with Gasteiger partial charge in [-0.3, -0.25) is 0 Å². The molecule has 1 aliphatic carbocycles. The van der Waals surface area contributed by atoms with E-state index in [4.69, 9.17) is 5.73 Å². The molecule has 2 nitrogen and oxygen atoms in total. The number of nitrogens with zero attached hydrogens (tertiary/aromatic N) is 1. The zero-order valence-corrected chi connectivity index (χ0v) is 11.6. The predicted octanol–water partition coefficient (Wildman–Crippen LogP) is 3.02. The molecule has 1 heterocycles. The Bertz CT molecular complexity index is 207.